The molecule has 0 atom stereocenters. The summed E-state index contributed by atoms with van der Waals surface area (Å²) in [7, 11) is 0. The molecule has 2 N–H and O–H groups in total. The van der Waals surface area contributed by atoms with E-state index in [-0.39, 0.29) is 11.8 Å². The fraction of sp³-hybridized carbons (Fsp3) is 0.333. The number of nitrogens with one attached hydrogen (secondary N) is 2. The molecule has 1 fully saturated rings. The van der Waals surface area contributed by atoms with E-state index in [2.05, 4.69) is 10.6 Å². The molecule has 0 bridgehead atoms. The zero-order chi connectivity index (χ0) is 20.3. The van der Waals surface area contributed by atoms with Gasteiger partial charge < -0.3 is 15.4 Å². The molecule has 2 aromatic carbocycles. The van der Waals surface area contributed by atoms with E-state index in [4.69, 9.17) is 27.9 Å². The molecule has 1 heterocycles. The number of hydrogen-bond donors (Lipinski definition) is 2. The van der Waals surface area contributed by atoms with Crippen molar-refractivity contribution < 1.29 is 14.3 Å². The predicted octanol–water partition coefficient (Wildman–Crippen LogP) is 4.95. The number of anilines is 2. The van der Waals surface area contributed by atoms with E-state index < -0.39 is 5.41 Å². The number of rotatable bonds is 4. The van der Waals surface area contributed by atoms with E-state index in [1.54, 1.807) is 18.2 Å². The highest BCUT2D eigenvalue weighted by Gasteiger charge is 2.43. The zero-order valence-corrected chi connectivity index (χ0v) is 17.3. The molecule has 0 aliphatic carbocycles. The summed E-state index contributed by atoms with van der Waals surface area (Å²) >= 11 is 12.5. The highest BCUT2D eigenvalue weighted by molar-refractivity contribution is 6.35. The SMILES string of the molecule is CC(=O)Nc1cc(NC(=O)C2(c3ccc(Cl)cc3Cl)CCOCC2)ccc1C. The van der Waals surface area contributed by atoms with Crippen LogP contribution in [0.1, 0.15) is 30.9 Å². The van der Waals surface area contributed by atoms with E-state index in [0.717, 1.165) is 11.1 Å². The van der Waals surface area contributed by atoms with E-state index >= 15 is 0 Å². The van der Waals surface area contributed by atoms with Gasteiger partial charge in [-0.3, -0.25) is 9.59 Å². The van der Waals surface area contributed by atoms with Gasteiger partial charge in [0.2, 0.25) is 11.8 Å². The molecule has 148 valence electrons. The number of aryl methyl sites for hydroxylation is 1. The molecule has 28 heavy (non-hydrogen) atoms. The van der Waals surface area contributed by atoms with Gasteiger partial charge in [-0.25, -0.2) is 0 Å². The topological polar surface area (TPSA) is 67.4 Å². The second kappa shape index (κ2) is 8.52. The van der Waals surface area contributed by atoms with Gasteiger partial charge in [-0.2, -0.15) is 0 Å². The maximum absolute atomic E-state index is 13.4. The van der Waals surface area contributed by atoms with Gasteiger partial charge in [0, 0.05) is 41.6 Å². The average Bonchev–Trinajstić information content (AvgIpc) is 2.64. The van der Waals surface area contributed by atoms with Crippen molar-refractivity contribution in [3.63, 3.8) is 0 Å². The van der Waals surface area contributed by atoms with Gasteiger partial charge in [0.15, 0.2) is 0 Å². The van der Waals surface area contributed by atoms with Crippen LogP contribution >= 0.6 is 23.2 Å². The third-order valence-corrected chi connectivity index (χ3v) is 5.58. The van der Waals surface area contributed by atoms with Gasteiger partial charge in [0.1, 0.15) is 0 Å². The van der Waals surface area contributed by atoms with Crippen molar-refractivity contribution >= 4 is 46.4 Å². The second-order valence-corrected chi connectivity index (χ2v) is 7.83. The van der Waals surface area contributed by atoms with Crippen LogP contribution in [-0.4, -0.2) is 25.0 Å². The Morgan fingerprint density at radius 3 is 2.39 bits per heavy atom. The van der Waals surface area contributed by atoms with Crippen LogP contribution in [0.3, 0.4) is 0 Å². The van der Waals surface area contributed by atoms with Crippen molar-refractivity contribution in [3.05, 3.63) is 57.6 Å². The van der Waals surface area contributed by atoms with Crippen molar-refractivity contribution in [1.82, 2.24) is 0 Å². The molecule has 0 unspecified atom stereocenters. The number of amides is 2. The number of ether oxygens (including phenoxy) is 1. The fourth-order valence-electron chi connectivity index (χ4n) is 3.49. The van der Waals surface area contributed by atoms with Gasteiger partial charge in [-0.1, -0.05) is 35.3 Å². The van der Waals surface area contributed by atoms with E-state index in [9.17, 15) is 9.59 Å². The van der Waals surface area contributed by atoms with Crippen LogP contribution in [-0.2, 0) is 19.7 Å². The Kier molecular flexibility index (Phi) is 6.28. The fourth-order valence-corrected chi connectivity index (χ4v) is 4.08. The Hall–Kier alpha value is -2.08. The van der Waals surface area contributed by atoms with Crippen molar-refractivity contribution in [2.75, 3.05) is 23.8 Å². The highest BCUT2D eigenvalue weighted by atomic mass is 35.5. The van der Waals surface area contributed by atoms with Crippen LogP contribution in [0, 0.1) is 6.92 Å². The molecule has 1 saturated heterocycles. The van der Waals surface area contributed by atoms with Gasteiger partial charge in [-0.05, 0) is 55.2 Å². The summed E-state index contributed by atoms with van der Waals surface area (Å²) in [6, 6.07) is 10.6. The lowest BCUT2D eigenvalue weighted by Gasteiger charge is -2.37. The Bertz CT molecular complexity index is 909. The summed E-state index contributed by atoms with van der Waals surface area (Å²) in [5.41, 5.74) is 2.12. The van der Waals surface area contributed by atoms with Crippen LogP contribution in [0.2, 0.25) is 10.0 Å². The second-order valence-electron chi connectivity index (χ2n) is 6.98. The lowest BCUT2D eigenvalue weighted by atomic mass is 9.73. The van der Waals surface area contributed by atoms with E-state index in [1.165, 1.54) is 6.92 Å². The number of benzene rings is 2. The van der Waals surface area contributed by atoms with Crippen molar-refractivity contribution in [3.8, 4) is 0 Å². The first kappa shape index (κ1) is 20.6. The van der Waals surface area contributed by atoms with Crippen LogP contribution in [0.15, 0.2) is 36.4 Å². The molecule has 5 nitrogen and oxygen atoms in total. The molecule has 7 heteroatoms. The minimum absolute atomic E-state index is 0.155. The Morgan fingerprint density at radius 2 is 1.75 bits per heavy atom. The molecule has 1 aliphatic rings. The summed E-state index contributed by atoms with van der Waals surface area (Å²) in [6.45, 7) is 4.28. The van der Waals surface area contributed by atoms with Gasteiger partial charge >= 0.3 is 0 Å². The first-order valence-corrected chi connectivity index (χ1v) is 9.80. The van der Waals surface area contributed by atoms with Crippen LogP contribution in [0.25, 0.3) is 0 Å². The maximum atomic E-state index is 13.4. The standard InChI is InChI=1S/C21H22Cl2N2O3/c1-13-3-5-16(12-19(13)24-14(2)26)25-20(27)21(7-9-28-10-8-21)17-6-4-15(22)11-18(17)23/h3-6,11-12H,7-10H2,1-2H3,(H,24,26)(H,25,27). The van der Waals surface area contributed by atoms with Crippen molar-refractivity contribution in [1.29, 1.82) is 0 Å². The van der Waals surface area contributed by atoms with Crippen LogP contribution in [0.5, 0.6) is 0 Å². The molecule has 0 saturated carbocycles. The first-order valence-electron chi connectivity index (χ1n) is 9.05. The van der Waals surface area contributed by atoms with Crippen molar-refractivity contribution in [2.45, 2.75) is 32.1 Å². The summed E-state index contributed by atoms with van der Waals surface area (Å²) in [6.07, 6.45) is 1.04. The molecular weight excluding hydrogens is 399 g/mol. The third-order valence-electron chi connectivity index (χ3n) is 5.03. The summed E-state index contributed by atoms with van der Waals surface area (Å²) < 4.78 is 5.49. The molecule has 2 aromatic rings. The summed E-state index contributed by atoms with van der Waals surface area (Å²) in [5.74, 6) is -0.321. The minimum Gasteiger partial charge on any atom is -0.381 e. The first-order chi connectivity index (χ1) is 13.3. The summed E-state index contributed by atoms with van der Waals surface area (Å²) in [5, 5.41) is 6.76. The van der Waals surface area contributed by atoms with Gasteiger partial charge in [-0.15, -0.1) is 0 Å². The molecular formula is C21H22Cl2N2O3. The molecule has 0 spiro atoms. The average molecular weight is 421 g/mol. The smallest absolute Gasteiger partial charge is 0.235 e. The summed E-state index contributed by atoms with van der Waals surface area (Å²) in [4.78, 5) is 24.8. The predicted molar refractivity (Wildman–Crippen MR) is 112 cm³/mol. The molecule has 2 amide bonds. The number of halogens is 2. The molecule has 3 rings (SSSR count). The third kappa shape index (κ3) is 4.32. The lowest BCUT2D eigenvalue weighted by Crippen LogP contribution is -2.45. The van der Waals surface area contributed by atoms with Gasteiger partial charge in [0.05, 0.1) is 5.41 Å². The van der Waals surface area contributed by atoms with Crippen molar-refractivity contribution in [2.24, 2.45) is 0 Å². The molecule has 1 aliphatic heterocycles. The quantitative estimate of drug-likeness (QED) is 0.735. The number of hydrogen-bond acceptors (Lipinski definition) is 3. The van der Waals surface area contributed by atoms with Gasteiger partial charge in [0.25, 0.3) is 0 Å². The monoisotopic (exact) mass is 420 g/mol. The van der Waals surface area contributed by atoms with E-state index in [0.29, 0.717) is 47.5 Å². The number of carbonyl (C=O) groups excluding carboxylic acids is 2. The molecule has 0 aromatic heterocycles. The van der Waals surface area contributed by atoms with E-state index in [1.807, 2.05) is 25.1 Å². The Labute approximate surface area is 174 Å². The zero-order valence-electron chi connectivity index (χ0n) is 15.8. The largest absolute Gasteiger partial charge is 0.381 e. The maximum Gasteiger partial charge on any atom is 0.235 e. The lowest BCUT2D eigenvalue weighted by molar-refractivity contribution is -0.125. The Balaban J connectivity index is 1.94. The normalized spacial score (nSPS) is 15.7. The highest BCUT2D eigenvalue weighted by Crippen LogP contribution is 2.40. The molecule has 0 radical (unpaired) electrons. The Morgan fingerprint density at radius 1 is 1.04 bits per heavy atom. The van der Waals surface area contributed by atoms with Crippen LogP contribution < -0.4 is 10.6 Å². The van der Waals surface area contributed by atoms with Crippen LogP contribution in [0.4, 0.5) is 11.4 Å². The number of carbonyl (C=O) groups is 2. The minimum atomic E-state index is -0.807.